The van der Waals surface area contributed by atoms with Crippen molar-refractivity contribution in [1.29, 1.82) is 0 Å². The SMILES string of the molecule is CCOCCOC(=S)S.[Cr]. The van der Waals surface area contributed by atoms with Crippen molar-refractivity contribution in [1.82, 2.24) is 0 Å². The molecule has 60 valence electrons. The van der Waals surface area contributed by atoms with Crippen LogP contribution < -0.4 is 0 Å². The number of rotatable bonds is 4. The molecule has 0 heterocycles. The number of thiocarbonyl (C=S) groups is 1. The van der Waals surface area contributed by atoms with Crippen molar-refractivity contribution < 1.29 is 26.8 Å². The van der Waals surface area contributed by atoms with Crippen LogP contribution in [0.3, 0.4) is 0 Å². The fourth-order valence-corrected chi connectivity index (χ4v) is 0.507. The fraction of sp³-hybridized carbons (Fsp3) is 0.800. The van der Waals surface area contributed by atoms with Crippen molar-refractivity contribution in [3.05, 3.63) is 0 Å². The molecule has 0 aromatic heterocycles. The van der Waals surface area contributed by atoms with E-state index >= 15 is 0 Å². The van der Waals surface area contributed by atoms with Crippen LogP contribution in [-0.2, 0) is 26.8 Å². The van der Waals surface area contributed by atoms with Gasteiger partial charge in [-0.05, 0) is 19.1 Å². The summed E-state index contributed by atoms with van der Waals surface area (Å²) in [6.07, 6.45) is 0. The van der Waals surface area contributed by atoms with Gasteiger partial charge in [0.25, 0.3) is 0 Å². The topological polar surface area (TPSA) is 18.5 Å². The fourth-order valence-electron chi connectivity index (χ4n) is 0.332. The summed E-state index contributed by atoms with van der Waals surface area (Å²) >= 11 is 8.29. The van der Waals surface area contributed by atoms with E-state index in [0.29, 0.717) is 19.8 Å². The first-order valence-corrected chi connectivity index (χ1v) is 3.56. The molecule has 0 saturated carbocycles. The first kappa shape index (κ1) is 13.3. The molecule has 0 aromatic carbocycles. The molecule has 2 nitrogen and oxygen atoms in total. The van der Waals surface area contributed by atoms with Crippen molar-refractivity contribution in [2.75, 3.05) is 19.8 Å². The average Bonchev–Trinajstić information content (AvgIpc) is 1.80. The van der Waals surface area contributed by atoms with Gasteiger partial charge in [0.05, 0.1) is 6.61 Å². The third kappa shape index (κ3) is 11.5. The maximum atomic E-state index is 4.97. The smallest absolute Gasteiger partial charge is 0.216 e. The van der Waals surface area contributed by atoms with E-state index in [2.05, 4.69) is 24.8 Å². The minimum absolute atomic E-state index is 0. The quantitative estimate of drug-likeness (QED) is 0.435. The van der Waals surface area contributed by atoms with Crippen LogP contribution in [0.2, 0.25) is 0 Å². The van der Waals surface area contributed by atoms with Crippen molar-refractivity contribution in [2.45, 2.75) is 6.92 Å². The largest absolute Gasteiger partial charge is 0.476 e. The standard InChI is InChI=1S/C5H10O2S2.Cr/c1-2-6-3-4-7-5(8)9;/h2-4H2,1H3,(H,8,9);. The molecule has 0 rings (SSSR count). The van der Waals surface area contributed by atoms with Crippen molar-refractivity contribution >= 4 is 29.2 Å². The van der Waals surface area contributed by atoms with Gasteiger partial charge in [0, 0.05) is 24.0 Å². The predicted molar refractivity (Wildman–Crippen MR) is 44.0 cm³/mol. The Labute approximate surface area is 82.8 Å². The zero-order valence-electron chi connectivity index (χ0n) is 5.70. The molecule has 0 N–H and O–H groups in total. The van der Waals surface area contributed by atoms with Gasteiger partial charge in [0.1, 0.15) is 6.61 Å². The Morgan fingerprint density at radius 3 is 2.50 bits per heavy atom. The molecule has 0 unspecified atom stereocenters. The molecule has 0 atom stereocenters. The maximum Gasteiger partial charge on any atom is 0.216 e. The predicted octanol–water partition coefficient (Wildman–Crippen LogP) is 1.25. The summed E-state index contributed by atoms with van der Waals surface area (Å²) < 4.78 is 10.1. The molecule has 5 heteroatoms. The Hall–Kier alpha value is 0.732. The van der Waals surface area contributed by atoms with E-state index in [-0.39, 0.29) is 21.7 Å². The first-order chi connectivity index (χ1) is 4.27. The molecule has 0 spiro atoms. The summed E-state index contributed by atoms with van der Waals surface area (Å²) in [6, 6.07) is 0. The minimum Gasteiger partial charge on any atom is -0.476 e. The van der Waals surface area contributed by atoms with Crippen LogP contribution in [-0.4, -0.2) is 24.2 Å². The molecule has 10 heavy (non-hydrogen) atoms. The first-order valence-electron chi connectivity index (χ1n) is 2.70. The molecule has 0 aliphatic rings. The van der Waals surface area contributed by atoms with Gasteiger partial charge in [-0.2, -0.15) is 0 Å². The average molecular weight is 218 g/mol. The Morgan fingerprint density at radius 2 is 2.10 bits per heavy atom. The molecule has 0 radical (unpaired) electrons. The summed E-state index contributed by atoms with van der Waals surface area (Å²) in [4.78, 5) is 0. The maximum absolute atomic E-state index is 4.97. The Bertz CT molecular complexity index is 89.7. The number of hydrogen-bond donors (Lipinski definition) is 1. The van der Waals surface area contributed by atoms with Crippen molar-refractivity contribution in [2.24, 2.45) is 0 Å². The zero-order chi connectivity index (χ0) is 7.11. The van der Waals surface area contributed by atoms with Gasteiger partial charge in [-0.15, -0.1) is 0 Å². The molecule has 0 bridgehead atoms. The Balaban J connectivity index is 0. The molecule has 0 amide bonds. The van der Waals surface area contributed by atoms with Gasteiger partial charge < -0.3 is 9.47 Å². The van der Waals surface area contributed by atoms with Crippen LogP contribution in [0.5, 0.6) is 0 Å². The molecule has 0 fully saturated rings. The summed E-state index contributed by atoms with van der Waals surface area (Å²) in [5, 5.41) is 0. The minimum atomic E-state index is 0. The van der Waals surface area contributed by atoms with Crippen LogP contribution in [0.25, 0.3) is 0 Å². The van der Waals surface area contributed by atoms with E-state index in [0.717, 1.165) is 0 Å². The van der Waals surface area contributed by atoms with Crippen molar-refractivity contribution in [3.63, 3.8) is 0 Å². The van der Waals surface area contributed by atoms with Crippen LogP contribution in [0.4, 0.5) is 0 Å². The third-order valence-electron chi connectivity index (χ3n) is 0.657. The van der Waals surface area contributed by atoms with E-state index in [1.165, 1.54) is 0 Å². The van der Waals surface area contributed by atoms with Gasteiger partial charge in [-0.25, -0.2) is 0 Å². The van der Waals surface area contributed by atoms with E-state index in [1.54, 1.807) is 0 Å². The van der Waals surface area contributed by atoms with Crippen LogP contribution in [0.1, 0.15) is 6.92 Å². The van der Waals surface area contributed by atoms with Crippen LogP contribution >= 0.6 is 24.8 Å². The number of thiol groups is 1. The Kier molecular flexibility index (Phi) is 13.0. The van der Waals surface area contributed by atoms with Gasteiger partial charge in [0.2, 0.25) is 4.38 Å². The summed E-state index contributed by atoms with van der Waals surface area (Å²) in [5.74, 6) is 0. The van der Waals surface area contributed by atoms with Crippen LogP contribution in [0, 0.1) is 0 Å². The monoisotopic (exact) mass is 218 g/mol. The van der Waals surface area contributed by atoms with Gasteiger partial charge in [-0.1, -0.05) is 12.6 Å². The second kappa shape index (κ2) is 9.73. The molecule has 0 aliphatic heterocycles. The van der Waals surface area contributed by atoms with Gasteiger partial charge in [0.15, 0.2) is 0 Å². The summed E-state index contributed by atoms with van der Waals surface area (Å²) in [7, 11) is 0. The second-order valence-corrected chi connectivity index (χ2v) is 2.39. The molecular formula is C5H10CrO2S2. The van der Waals surface area contributed by atoms with Crippen molar-refractivity contribution in [3.8, 4) is 0 Å². The second-order valence-electron chi connectivity index (χ2n) is 1.31. The molecule has 0 saturated heterocycles. The van der Waals surface area contributed by atoms with Gasteiger partial charge in [-0.3, -0.25) is 0 Å². The number of hydrogen-bond acceptors (Lipinski definition) is 3. The van der Waals surface area contributed by atoms with E-state index in [4.69, 9.17) is 9.47 Å². The summed E-state index contributed by atoms with van der Waals surface area (Å²) in [6.45, 7) is 3.72. The zero-order valence-corrected chi connectivity index (χ0v) is 8.69. The van der Waals surface area contributed by atoms with Gasteiger partial charge >= 0.3 is 0 Å². The Morgan fingerprint density at radius 1 is 1.50 bits per heavy atom. The normalized spacial score (nSPS) is 8.20. The summed E-state index contributed by atoms with van der Waals surface area (Å²) in [5.41, 5.74) is 0. The van der Waals surface area contributed by atoms with E-state index in [9.17, 15) is 0 Å². The van der Waals surface area contributed by atoms with Crippen LogP contribution in [0.15, 0.2) is 0 Å². The third-order valence-corrected chi connectivity index (χ3v) is 0.904. The van der Waals surface area contributed by atoms with E-state index < -0.39 is 0 Å². The molecule has 0 aromatic rings. The molecule has 0 aliphatic carbocycles. The molecular weight excluding hydrogens is 208 g/mol. The number of ether oxygens (including phenoxy) is 2. The van der Waals surface area contributed by atoms with E-state index in [1.807, 2.05) is 6.92 Å².